The number of hydrogen-bond acceptors (Lipinski definition) is 2. The first-order valence-electron chi connectivity index (χ1n) is 2.14. The lowest BCUT2D eigenvalue weighted by Crippen LogP contribution is -1.75. The van der Waals surface area contributed by atoms with Gasteiger partial charge in [-0.2, -0.15) is 4.98 Å². The molecule has 3 heteroatoms. The molecule has 1 aromatic heterocycles. The Kier molecular flexibility index (Phi) is 1.64. The minimum atomic E-state index is 0.408. The molecule has 0 spiro atoms. The SMILES string of the molecule is O=[S+]c1ccccn1. The van der Waals surface area contributed by atoms with Crippen molar-refractivity contribution < 1.29 is 4.21 Å². The van der Waals surface area contributed by atoms with E-state index < -0.39 is 0 Å². The molecule has 1 rings (SSSR count). The maximum absolute atomic E-state index is 9.99. The molecule has 1 aromatic rings. The van der Waals surface area contributed by atoms with Crippen LogP contribution in [0.4, 0.5) is 0 Å². The average molecular weight is 126 g/mol. The van der Waals surface area contributed by atoms with E-state index in [4.69, 9.17) is 0 Å². The van der Waals surface area contributed by atoms with Crippen LogP contribution in [0.3, 0.4) is 0 Å². The van der Waals surface area contributed by atoms with Gasteiger partial charge in [-0.25, -0.2) is 0 Å². The van der Waals surface area contributed by atoms with Gasteiger partial charge in [0.1, 0.15) is 0 Å². The van der Waals surface area contributed by atoms with Crippen molar-refractivity contribution in [1.82, 2.24) is 4.98 Å². The molecule has 0 aliphatic rings. The highest BCUT2D eigenvalue weighted by molar-refractivity contribution is 7.65. The topological polar surface area (TPSA) is 30.0 Å². The van der Waals surface area contributed by atoms with Crippen LogP contribution in [0, 0.1) is 0 Å². The Balaban J connectivity index is 2.99. The Morgan fingerprint density at radius 2 is 2.38 bits per heavy atom. The molecule has 0 aliphatic carbocycles. The third-order valence-electron chi connectivity index (χ3n) is 0.723. The molecule has 0 bridgehead atoms. The number of hydrogen-bond donors (Lipinski definition) is 0. The molecule has 0 radical (unpaired) electrons. The van der Waals surface area contributed by atoms with Crippen molar-refractivity contribution in [2.75, 3.05) is 0 Å². The molecule has 8 heavy (non-hydrogen) atoms. The molecule has 0 aromatic carbocycles. The fourth-order valence-electron chi connectivity index (χ4n) is 0.396. The molecule has 0 aliphatic heterocycles. The van der Waals surface area contributed by atoms with Gasteiger partial charge in [0.15, 0.2) is 0 Å². The van der Waals surface area contributed by atoms with E-state index in [9.17, 15) is 4.21 Å². The number of nitrogens with zero attached hydrogens (tertiary/aromatic N) is 1. The summed E-state index contributed by atoms with van der Waals surface area (Å²) in [6.07, 6.45) is 1.60. The fraction of sp³-hybridized carbons (Fsp3) is 0. The second-order valence-corrected chi connectivity index (χ2v) is 1.84. The van der Waals surface area contributed by atoms with Crippen molar-refractivity contribution in [3.63, 3.8) is 0 Å². The zero-order valence-corrected chi connectivity index (χ0v) is 4.89. The maximum Gasteiger partial charge on any atom is 0.527 e. The van der Waals surface area contributed by atoms with E-state index in [0.29, 0.717) is 16.7 Å². The van der Waals surface area contributed by atoms with E-state index in [1.165, 1.54) is 0 Å². The molecular weight excluding hydrogens is 122 g/mol. The van der Waals surface area contributed by atoms with Crippen molar-refractivity contribution in [3.8, 4) is 0 Å². The summed E-state index contributed by atoms with van der Waals surface area (Å²) >= 11 is 0.408. The van der Waals surface area contributed by atoms with Crippen LogP contribution in [-0.4, -0.2) is 4.98 Å². The Hall–Kier alpha value is -0.830. The molecule has 1 heterocycles. The van der Waals surface area contributed by atoms with Crippen LogP contribution in [0.15, 0.2) is 29.4 Å². The van der Waals surface area contributed by atoms with Gasteiger partial charge in [0.25, 0.3) is 0 Å². The summed E-state index contributed by atoms with van der Waals surface area (Å²) < 4.78 is 9.99. The summed E-state index contributed by atoms with van der Waals surface area (Å²) in [5.41, 5.74) is 0. The first-order chi connectivity index (χ1) is 3.93. The van der Waals surface area contributed by atoms with E-state index in [2.05, 4.69) is 4.98 Å². The van der Waals surface area contributed by atoms with Crippen LogP contribution in [0.5, 0.6) is 0 Å². The van der Waals surface area contributed by atoms with Gasteiger partial charge in [0.2, 0.25) is 0 Å². The highest BCUT2D eigenvalue weighted by Gasteiger charge is 2.02. The number of rotatable bonds is 1. The molecular formula is C5H4NOS+. The van der Waals surface area contributed by atoms with Crippen LogP contribution in [0.2, 0.25) is 0 Å². The standard InChI is InChI=1S/C5H4NOS/c7-8-5-3-1-2-4-6-5/h1-4H/q+1. The lowest BCUT2D eigenvalue weighted by atomic mass is 10.5. The second-order valence-electron chi connectivity index (χ2n) is 1.25. The normalized spacial score (nSPS) is 8.50. The smallest absolute Gasteiger partial charge is 0.198 e. The van der Waals surface area contributed by atoms with E-state index >= 15 is 0 Å². The number of pyridine rings is 1. The van der Waals surface area contributed by atoms with Gasteiger partial charge in [0, 0.05) is 16.5 Å². The molecule has 40 valence electrons. The molecule has 0 unspecified atom stereocenters. The first-order valence-corrected chi connectivity index (χ1v) is 2.88. The summed E-state index contributed by atoms with van der Waals surface area (Å²) in [5, 5.41) is 0.521. The van der Waals surface area contributed by atoms with E-state index in [1.54, 1.807) is 24.4 Å². The van der Waals surface area contributed by atoms with Gasteiger partial charge in [-0.1, -0.05) is 6.07 Å². The van der Waals surface area contributed by atoms with E-state index in [-0.39, 0.29) is 0 Å². The lowest BCUT2D eigenvalue weighted by molar-refractivity contribution is 0.603. The van der Waals surface area contributed by atoms with Gasteiger partial charge in [-0.05, 0) is 6.07 Å². The fourth-order valence-corrected chi connectivity index (χ4v) is 0.634. The highest BCUT2D eigenvalue weighted by Crippen LogP contribution is 1.89. The summed E-state index contributed by atoms with van der Waals surface area (Å²) in [6.45, 7) is 0. The Morgan fingerprint density at radius 3 is 2.75 bits per heavy atom. The van der Waals surface area contributed by atoms with E-state index in [0.717, 1.165) is 0 Å². The van der Waals surface area contributed by atoms with Gasteiger partial charge in [-0.3, -0.25) is 0 Å². The highest BCUT2D eigenvalue weighted by atomic mass is 32.1. The summed E-state index contributed by atoms with van der Waals surface area (Å²) in [5.74, 6) is 0. The van der Waals surface area contributed by atoms with Gasteiger partial charge >= 0.3 is 16.7 Å². The van der Waals surface area contributed by atoms with Crippen LogP contribution in [0.25, 0.3) is 0 Å². The Bertz CT molecular complexity index is 175. The molecule has 0 N–H and O–H groups in total. The van der Waals surface area contributed by atoms with Crippen LogP contribution < -0.4 is 0 Å². The molecule has 2 nitrogen and oxygen atoms in total. The summed E-state index contributed by atoms with van der Waals surface area (Å²) in [4.78, 5) is 3.75. The largest absolute Gasteiger partial charge is 0.527 e. The second kappa shape index (κ2) is 2.47. The quantitative estimate of drug-likeness (QED) is 0.522. The molecule has 0 fully saturated rings. The predicted molar refractivity (Wildman–Crippen MR) is 30.6 cm³/mol. The predicted octanol–water partition coefficient (Wildman–Crippen LogP) is 0.869. The van der Waals surface area contributed by atoms with Crippen molar-refractivity contribution in [3.05, 3.63) is 24.4 Å². The zero-order chi connectivity index (χ0) is 5.82. The van der Waals surface area contributed by atoms with Crippen molar-refractivity contribution in [1.29, 1.82) is 0 Å². The lowest BCUT2D eigenvalue weighted by Gasteiger charge is -1.70. The Labute approximate surface area is 51.1 Å². The molecule has 0 saturated heterocycles. The molecule has 0 amide bonds. The Morgan fingerprint density at radius 1 is 1.50 bits per heavy atom. The van der Waals surface area contributed by atoms with Crippen molar-refractivity contribution >= 4 is 11.7 Å². The van der Waals surface area contributed by atoms with Crippen molar-refractivity contribution in [2.45, 2.75) is 5.03 Å². The summed E-state index contributed by atoms with van der Waals surface area (Å²) in [6, 6.07) is 5.24. The average Bonchev–Trinajstić information content (AvgIpc) is 1.90. The molecule has 0 saturated carbocycles. The van der Waals surface area contributed by atoms with Crippen molar-refractivity contribution in [2.24, 2.45) is 0 Å². The van der Waals surface area contributed by atoms with Crippen LogP contribution in [-0.2, 0) is 15.9 Å². The summed E-state index contributed by atoms with van der Waals surface area (Å²) in [7, 11) is 0. The van der Waals surface area contributed by atoms with Gasteiger partial charge in [0.05, 0.1) is 0 Å². The first kappa shape index (κ1) is 5.31. The van der Waals surface area contributed by atoms with Gasteiger partial charge in [-0.15, -0.1) is 0 Å². The van der Waals surface area contributed by atoms with E-state index in [1.807, 2.05) is 0 Å². The zero-order valence-electron chi connectivity index (χ0n) is 4.07. The van der Waals surface area contributed by atoms with Crippen LogP contribution in [0.1, 0.15) is 0 Å². The third-order valence-corrected chi connectivity index (χ3v) is 1.14. The number of aromatic nitrogens is 1. The molecule has 0 atom stereocenters. The monoisotopic (exact) mass is 126 g/mol. The van der Waals surface area contributed by atoms with Crippen LogP contribution >= 0.6 is 0 Å². The minimum Gasteiger partial charge on any atom is -0.198 e. The van der Waals surface area contributed by atoms with Gasteiger partial charge < -0.3 is 0 Å². The minimum absolute atomic E-state index is 0.408. The maximum atomic E-state index is 9.99. The third kappa shape index (κ3) is 1.07.